The summed E-state index contributed by atoms with van der Waals surface area (Å²) in [5.74, 6) is -18.6. The van der Waals surface area contributed by atoms with Gasteiger partial charge in [-0.1, -0.05) is 124 Å². The van der Waals surface area contributed by atoms with E-state index in [1.165, 1.54) is 68.4 Å². The number of hydrogen-bond acceptors (Lipinski definition) is 20. The predicted molar refractivity (Wildman–Crippen MR) is 356 cm³/mol. The van der Waals surface area contributed by atoms with Gasteiger partial charge < -0.3 is 101 Å². The quantitative estimate of drug-likeness (QED) is 0.0198. The van der Waals surface area contributed by atoms with Crippen LogP contribution in [0.4, 0.5) is 0 Å². The van der Waals surface area contributed by atoms with E-state index in [1.807, 2.05) is 19.2 Å². The molecule has 33 nitrogen and oxygen atoms in total. The van der Waals surface area contributed by atoms with Crippen LogP contribution in [-0.4, -0.2) is 197 Å². The minimum Gasteiger partial charge on any atom is -0.459 e. The van der Waals surface area contributed by atoms with Gasteiger partial charge in [0.05, 0.1) is 30.4 Å². The summed E-state index contributed by atoms with van der Waals surface area (Å²) >= 11 is 0. The van der Waals surface area contributed by atoms with Crippen LogP contribution in [0.25, 0.3) is 0 Å². The molecule has 15 atom stereocenters. The smallest absolute Gasteiger partial charge is 0.338 e. The fourth-order valence-corrected chi connectivity index (χ4v) is 10.1. The first-order chi connectivity index (χ1) is 46.0. The maximum Gasteiger partial charge on any atom is 0.338 e. The number of hydrogen-bond donors (Lipinski definition) is 17. The third-order valence-electron chi connectivity index (χ3n) is 15.7. The number of cyclic esters (lactones) is 1. The number of rotatable bonds is 25. The third kappa shape index (κ3) is 26.9. The van der Waals surface area contributed by atoms with Crippen LogP contribution in [0.3, 0.4) is 0 Å². The number of guanidine groups is 1. The lowest BCUT2D eigenvalue weighted by atomic mass is 9.95. The highest BCUT2D eigenvalue weighted by Gasteiger charge is 2.44. The number of aliphatic hydroxyl groups excluding tert-OH is 3. The lowest BCUT2D eigenvalue weighted by Gasteiger charge is -2.34. The molecule has 21 N–H and O–H groups in total. The standard InChI is InChI=1S/C65H101N15O18/c1-12-35(10)45-59(91)78-46(36(11)81)58(90)71-29-44(82)76-48(51(84)53(67)85)61(93)75-43(30-97-63(95)38-22-17-14-18-23-38)64(96)98-52(37-20-15-13-16-21-37)49(80-57(89)42(28-33(6)7)73-54(86)39(66)26-31(2)3)62(94)79-47(50(83)34(8)9)60(92)74-41(27-32(4)5)56(88)72-40(55(87)77-45)24-19-25-70-65(68)69/h13-18,20-23,31-36,39-43,45-52,81,83-84H,12,19,24-30,66H2,1-11H3,(H2,67,85)(H,71,90)(H,72,88)(H,73,86)(H,74,92)(H,75,93)(H,76,82)(H,77,87)(H,78,91)(H,79,94)(H,80,89)(H4,68,69,70)/t35-,36-,39+,40+,41-,42-,43-,45-,46-,47-,48-,49-,50+,51-,52+/m0/s1. The summed E-state index contributed by atoms with van der Waals surface area (Å²) in [6.07, 6.45) is -8.32. The topological polar surface area (TPSA) is 538 Å². The number of carbonyl (C=O) groups is 13. The molecule has 0 saturated carbocycles. The molecule has 33 heteroatoms. The summed E-state index contributed by atoms with van der Waals surface area (Å²) in [7, 11) is 0. The van der Waals surface area contributed by atoms with E-state index < -0.39 is 193 Å². The van der Waals surface area contributed by atoms with Gasteiger partial charge >= 0.3 is 11.9 Å². The van der Waals surface area contributed by atoms with Crippen LogP contribution >= 0.6 is 0 Å². The van der Waals surface area contributed by atoms with Crippen LogP contribution in [0.2, 0.25) is 0 Å². The van der Waals surface area contributed by atoms with Gasteiger partial charge in [0.25, 0.3) is 0 Å². The Hall–Kier alpha value is -9.34. The molecule has 0 aromatic heterocycles. The van der Waals surface area contributed by atoms with Gasteiger partial charge in [-0.25, -0.2) is 9.59 Å². The molecule has 0 radical (unpaired) electrons. The average Bonchev–Trinajstić information content (AvgIpc) is 0.837. The highest BCUT2D eigenvalue weighted by Crippen LogP contribution is 2.25. The molecule has 3 rings (SSSR count). The number of nitrogens with zero attached hydrogens (tertiary/aromatic N) is 1. The van der Waals surface area contributed by atoms with Crippen molar-refractivity contribution in [1.82, 2.24) is 53.2 Å². The number of aliphatic hydroxyl groups is 3. The molecule has 98 heavy (non-hydrogen) atoms. The summed E-state index contributed by atoms with van der Waals surface area (Å²) in [6, 6.07) is -3.93. The molecule has 2 aromatic carbocycles. The zero-order chi connectivity index (χ0) is 73.8. The number of carbonyl (C=O) groups excluding carboxylic acids is 13. The number of primary amides is 1. The molecule has 0 spiro atoms. The van der Waals surface area contributed by atoms with Crippen LogP contribution in [0.15, 0.2) is 65.7 Å². The molecule has 1 fully saturated rings. The van der Waals surface area contributed by atoms with Crippen molar-refractivity contribution in [2.45, 2.75) is 200 Å². The minimum atomic E-state index is -2.63. The largest absolute Gasteiger partial charge is 0.459 e. The van der Waals surface area contributed by atoms with Crippen LogP contribution < -0.4 is 76.1 Å². The molecule has 1 saturated heterocycles. The highest BCUT2D eigenvalue weighted by molar-refractivity contribution is 6.00. The van der Waals surface area contributed by atoms with Crippen molar-refractivity contribution in [2.24, 2.45) is 57.5 Å². The van der Waals surface area contributed by atoms with Crippen LogP contribution in [0, 0.1) is 29.6 Å². The number of benzene rings is 2. The van der Waals surface area contributed by atoms with E-state index in [-0.39, 0.29) is 74.0 Å². The summed E-state index contributed by atoms with van der Waals surface area (Å²) < 4.78 is 11.6. The first-order valence-corrected chi connectivity index (χ1v) is 32.6. The number of nitrogens with one attached hydrogen (secondary N) is 10. The van der Waals surface area contributed by atoms with Crippen molar-refractivity contribution in [3.63, 3.8) is 0 Å². The Kier molecular flexibility index (Phi) is 34.2. The molecular weight excluding hydrogens is 1280 g/mol. The molecular formula is C65H101N15O18. The first kappa shape index (κ1) is 82.9. The molecule has 1 aliphatic rings. The predicted octanol–water partition coefficient (Wildman–Crippen LogP) is -3.57. The summed E-state index contributed by atoms with van der Waals surface area (Å²) in [5.41, 5.74) is 22.7. The lowest BCUT2D eigenvalue weighted by molar-refractivity contribution is -0.159. The lowest BCUT2D eigenvalue weighted by Crippen LogP contribution is -2.64. The summed E-state index contributed by atoms with van der Waals surface area (Å²) in [6.45, 7) is 15.4. The molecule has 0 bridgehead atoms. The number of nitrogens with two attached hydrogens (primary N) is 4. The van der Waals surface area contributed by atoms with Crippen molar-refractivity contribution in [3.8, 4) is 0 Å². The van der Waals surface area contributed by atoms with Gasteiger partial charge in [0.1, 0.15) is 54.9 Å². The van der Waals surface area contributed by atoms with E-state index in [0.29, 0.717) is 0 Å². The Balaban J connectivity index is 2.51. The molecule has 11 amide bonds. The first-order valence-electron chi connectivity index (χ1n) is 32.6. The molecule has 1 aliphatic heterocycles. The van der Waals surface area contributed by atoms with Crippen LogP contribution in [-0.2, 0) is 67.0 Å². The Labute approximate surface area is 569 Å². The maximum absolute atomic E-state index is 15.6. The Morgan fingerprint density at radius 2 is 1.16 bits per heavy atom. The van der Waals surface area contributed by atoms with Crippen molar-refractivity contribution < 1.29 is 87.1 Å². The van der Waals surface area contributed by atoms with E-state index in [2.05, 4.69) is 52.8 Å². The van der Waals surface area contributed by atoms with Gasteiger partial charge in [-0.05, 0) is 86.3 Å². The second-order valence-electron chi connectivity index (χ2n) is 25.8. The average molecular weight is 1380 g/mol. The molecule has 0 aliphatic carbocycles. The fraction of sp³-hybridized carbons (Fsp3) is 0.600. The highest BCUT2D eigenvalue weighted by atomic mass is 16.6. The number of ether oxygens (including phenoxy) is 2. The summed E-state index contributed by atoms with van der Waals surface area (Å²) in [4.78, 5) is 190. The third-order valence-corrected chi connectivity index (χ3v) is 15.7. The van der Waals surface area contributed by atoms with Gasteiger partial charge in [-0.2, -0.15) is 0 Å². The molecule has 1 heterocycles. The molecule has 0 unspecified atom stereocenters. The molecule has 544 valence electrons. The van der Waals surface area contributed by atoms with Crippen molar-refractivity contribution >= 4 is 82.9 Å². The van der Waals surface area contributed by atoms with Crippen LogP contribution in [0.5, 0.6) is 0 Å². The Morgan fingerprint density at radius 3 is 1.71 bits per heavy atom. The van der Waals surface area contributed by atoms with Gasteiger partial charge in [-0.15, -0.1) is 0 Å². The fourth-order valence-electron chi connectivity index (χ4n) is 10.1. The Bertz CT molecular complexity index is 3080. The van der Waals surface area contributed by atoms with E-state index in [0.717, 1.165) is 6.92 Å². The number of aliphatic imine (C=N–C) groups is 1. The molecule has 2 aromatic rings. The Morgan fingerprint density at radius 1 is 0.622 bits per heavy atom. The number of amides is 11. The summed E-state index contributed by atoms with van der Waals surface area (Å²) in [5, 5.41) is 58.2. The zero-order valence-electron chi connectivity index (χ0n) is 57.3. The second-order valence-corrected chi connectivity index (χ2v) is 25.8. The van der Waals surface area contributed by atoms with Crippen molar-refractivity contribution in [2.75, 3.05) is 19.7 Å². The minimum absolute atomic E-state index is 0.0345. The van der Waals surface area contributed by atoms with Gasteiger partial charge in [0.15, 0.2) is 24.2 Å². The number of esters is 2. The zero-order valence-corrected chi connectivity index (χ0v) is 57.3. The maximum atomic E-state index is 15.6. The van der Waals surface area contributed by atoms with E-state index >= 15 is 19.2 Å². The second kappa shape index (κ2) is 40.4. The van der Waals surface area contributed by atoms with E-state index in [1.54, 1.807) is 47.6 Å². The van der Waals surface area contributed by atoms with Gasteiger partial charge in [0, 0.05) is 6.54 Å². The van der Waals surface area contributed by atoms with E-state index in [9.17, 15) is 58.5 Å². The van der Waals surface area contributed by atoms with E-state index in [4.69, 9.17) is 32.4 Å². The SMILES string of the molecule is CC[C@H](C)[C@@H]1NC(=O)[C@@H](CCCN=C(N)N)NC(=O)[C@H](CC(C)C)NC(=O)[C@H]([C@H](O)C(C)C)NC(=O)[C@@H](NC(=O)[C@H](CC(C)C)NC(=O)[C@H](N)CC(C)C)[C@@H](c2ccccc2)OC(=O)[C@H](COC(=O)c2ccccc2)NC(=O)[C@H]([C@H](O)C(N)=O)NC(=O)CNC(=O)[C@H]([C@H](C)O)NC1=O. The van der Waals surface area contributed by atoms with Crippen molar-refractivity contribution in [3.05, 3.63) is 71.8 Å². The monoisotopic (exact) mass is 1380 g/mol. The van der Waals surface area contributed by atoms with Crippen molar-refractivity contribution in [1.29, 1.82) is 0 Å². The van der Waals surface area contributed by atoms with Gasteiger partial charge in [-0.3, -0.25) is 57.7 Å². The normalized spacial score (nSPS) is 23.5. The van der Waals surface area contributed by atoms with Gasteiger partial charge in [0.2, 0.25) is 65.0 Å². The van der Waals surface area contributed by atoms with Crippen LogP contribution in [0.1, 0.15) is 137 Å².